The summed E-state index contributed by atoms with van der Waals surface area (Å²) in [6.45, 7) is 4.96. The van der Waals surface area contributed by atoms with Gasteiger partial charge in [0.15, 0.2) is 11.6 Å². The van der Waals surface area contributed by atoms with Crippen molar-refractivity contribution >= 4 is 11.8 Å². The summed E-state index contributed by atoms with van der Waals surface area (Å²) in [6.07, 6.45) is 7.22. The summed E-state index contributed by atoms with van der Waals surface area (Å²) in [5.41, 5.74) is 0. The van der Waals surface area contributed by atoms with Gasteiger partial charge in [0.05, 0.1) is 6.20 Å². The zero-order valence-electron chi connectivity index (χ0n) is 12.7. The normalized spacial score (nSPS) is 22.6. The molecular formula is C15H25FN4. The highest BCUT2D eigenvalue weighted by molar-refractivity contribution is 5.44. The third-order valence-electron chi connectivity index (χ3n) is 4.34. The van der Waals surface area contributed by atoms with E-state index in [1.807, 2.05) is 18.9 Å². The van der Waals surface area contributed by atoms with E-state index >= 15 is 0 Å². The van der Waals surface area contributed by atoms with Crippen LogP contribution in [-0.2, 0) is 0 Å². The van der Waals surface area contributed by atoms with Gasteiger partial charge in [-0.15, -0.1) is 0 Å². The van der Waals surface area contributed by atoms with Gasteiger partial charge in [0.1, 0.15) is 0 Å². The molecule has 1 saturated carbocycles. The largest absolute Gasteiger partial charge is 0.354 e. The van der Waals surface area contributed by atoms with Crippen LogP contribution in [0.4, 0.5) is 16.2 Å². The molecule has 1 fully saturated rings. The lowest BCUT2D eigenvalue weighted by atomic mass is 9.84. The Morgan fingerprint density at radius 3 is 2.60 bits per heavy atom. The molecular weight excluding hydrogens is 255 g/mol. The van der Waals surface area contributed by atoms with Gasteiger partial charge in [0, 0.05) is 19.6 Å². The Balaban J connectivity index is 2.08. The first-order chi connectivity index (χ1) is 9.65. The first-order valence-corrected chi connectivity index (χ1v) is 7.64. The Hall–Kier alpha value is -1.39. The highest BCUT2D eigenvalue weighted by atomic mass is 19.1. The molecule has 112 valence electrons. The second-order valence-electron chi connectivity index (χ2n) is 5.59. The Kier molecular flexibility index (Phi) is 5.15. The Morgan fingerprint density at radius 1 is 1.30 bits per heavy atom. The van der Waals surface area contributed by atoms with Crippen molar-refractivity contribution in [1.29, 1.82) is 0 Å². The molecule has 0 spiro atoms. The molecule has 0 radical (unpaired) electrons. The number of hydrogen-bond donors (Lipinski definition) is 1. The van der Waals surface area contributed by atoms with Crippen molar-refractivity contribution in [3.63, 3.8) is 0 Å². The van der Waals surface area contributed by atoms with Crippen molar-refractivity contribution < 1.29 is 4.39 Å². The summed E-state index contributed by atoms with van der Waals surface area (Å²) in [4.78, 5) is 10.3. The van der Waals surface area contributed by atoms with Crippen LogP contribution in [-0.4, -0.2) is 29.6 Å². The molecule has 2 rings (SSSR count). The number of nitrogens with one attached hydrogen (secondary N) is 1. The summed E-state index contributed by atoms with van der Waals surface area (Å²) in [5, 5.41) is 3.03. The van der Waals surface area contributed by atoms with Gasteiger partial charge in [-0.3, -0.25) is 0 Å². The first kappa shape index (κ1) is 15.0. The summed E-state index contributed by atoms with van der Waals surface area (Å²) in [7, 11) is 1.94. The molecule has 0 aliphatic heterocycles. The minimum absolute atomic E-state index is 0.341. The molecule has 0 unspecified atom stereocenters. The molecule has 1 N–H and O–H groups in total. The van der Waals surface area contributed by atoms with Gasteiger partial charge in [-0.25, -0.2) is 9.37 Å². The van der Waals surface area contributed by atoms with E-state index in [2.05, 4.69) is 22.2 Å². The third kappa shape index (κ3) is 3.38. The van der Waals surface area contributed by atoms with Crippen LogP contribution >= 0.6 is 0 Å². The fraction of sp³-hybridized carbons (Fsp3) is 0.733. The van der Waals surface area contributed by atoms with Crippen LogP contribution in [0.1, 0.15) is 46.0 Å². The van der Waals surface area contributed by atoms with Crippen molar-refractivity contribution in [2.24, 2.45) is 5.92 Å². The number of rotatable bonds is 5. The quantitative estimate of drug-likeness (QED) is 0.897. The summed E-state index contributed by atoms with van der Waals surface area (Å²) in [5.74, 6) is 1.41. The standard InChI is InChI=1S/C15H25FN4/c1-4-11-6-8-12(9-7-11)20(3)14-13(16)10-18-15(19-14)17-5-2/h10-12H,4-9H2,1-3H3,(H,17,18,19). The van der Waals surface area contributed by atoms with Crippen molar-refractivity contribution in [2.75, 3.05) is 23.8 Å². The minimum Gasteiger partial charge on any atom is -0.354 e. The lowest BCUT2D eigenvalue weighted by Gasteiger charge is -2.35. The monoisotopic (exact) mass is 280 g/mol. The summed E-state index contributed by atoms with van der Waals surface area (Å²) in [6, 6.07) is 0.386. The molecule has 1 aliphatic carbocycles. The van der Waals surface area contributed by atoms with E-state index < -0.39 is 0 Å². The van der Waals surface area contributed by atoms with Crippen molar-refractivity contribution in [1.82, 2.24) is 9.97 Å². The Morgan fingerprint density at radius 2 is 2.00 bits per heavy atom. The molecule has 5 heteroatoms. The van der Waals surface area contributed by atoms with Crippen LogP contribution in [0.15, 0.2) is 6.20 Å². The number of nitrogens with zero attached hydrogens (tertiary/aromatic N) is 3. The smallest absolute Gasteiger partial charge is 0.224 e. The maximum Gasteiger partial charge on any atom is 0.224 e. The molecule has 0 saturated heterocycles. The van der Waals surface area contributed by atoms with E-state index in [1.165, 1.54) is 25.5 Å². The van der Waals surface area contributed by atoms with E-state index in [4.69, 9.17) is 0 Å². The van der Waals surface area contributed by atoms with Crippen LogP contribution in [0.25, 0.3) is 0 Å². The van der Waals surface area contributed by atoms with Gasteiger partial charge in [-0.1, -0.05) is 13.3 Å². The second kappa shape index (κ2) is 6.86. The maximum absolute atomic E-state index is 14.0. The molecule has 0 aromatic carbocycles. The molecule has 0 amide bonds. The van der Waals surface area contributed by atoms with Gasteiger partial charge in [0.25, 0.3) is 0 Å². The maximum atomic E-state index is 14.0. The molecule has 0 atom stereocenters. The molecule has 20 heavy (non-hydrogen) atoms. The van der Waals surface area contributed by atoms with Crippen LogP contribution < -0.4 is 10.2 Å². The van der Waals surface area contributed by atoms with Gasteiger partial charge in [-0.2, -0.15) is 4.98 Å². The van der Waals surface area contributed by atoms with E-state index in [0.29, 0.717) is 17.8 Å². The fourth-order valence-electron chi connectivity index (χ4n) is 2.96. The molecule has 1 aliphatic rings. The number of aromatic nitrogens is 2. The topological polar surface area (TPSA) is 41.1 Å². The van der Waals surface area contributed by atoms with E-state index in [9.17, 15) is 4.39 Å². The van der Waals surface area contributed by atoms with Crippen LogP contribution in [0.2, 0.25) is 0 Å². The van der Waals surface area contributed by atoms with Gasteiger partial charge >= 0.3 is 0 Å². The lowest BCUT2D eigenvalue weighted by Crippen LogP contribution is -2.36. The second-order valence-corrected chi connectivity index (χ2v) is 5.59. The Labute approximate surface area is 120 Å². The zero-order valence-corrected chi connectivity index (χ0v) is 12.7. The highest BCUT2D eigenvalue weighted by Gasteiger charge is 2.25. The molecule has 1 aromatic heterocycles. The number of halogens is 1. The first-order valence-electron chi connectivity index (χ1n) is 7.64. The molecule has 0 bridgehead atoms. The van der Waals surface area contributed by atoms with Crippen LogP contribution in [0.3, 0.4) is 0 Å². The molecule has 1 heterocycles. The number of hydrogen-bond acceptors (Lipinski definition) is 4. The lowest BCUT2D eigenvalue weighted by molar-refractivity contribution is 0.312. The predicted octanol–water partition coefficient (Wildman–Crippen LogP) is 3.45. The van der Waals surface area contributed by atoms with Crippen LogP contribution in [0.5, 0.6) is 0 Å². The SMILES string of the molecule is CCNc1ncc(F)c(N(C)C2CCC(CC)CC2)n1. The predicted molar refractivity (Wildman–Crippen MR) is 80.6 cm³/mol. The van der Waals surface area contributed by atoms with E-state index in [0.717, 1.165) is 25.3 Å². The van der Waals surface area contributed by atoms with Gasteiger partial charge in [0.2, 0.25) is 5.95 Å². The van der Waals surface area contributed by atoms with E-state index in [-0.39, 0.29) is 5.82 Å². The van der Waals surface area contributed by atoms with Gasteiger partial charge in [-0.05, 0) is 38.5 Å². The average Bonchev–Trinajstić information content (AvgIpc) is 2.49. The van der Waals surface area contributed by atoms with Crippen LogP contribution in [0, 0.1) is 11.7 Å². The van der Waals surface area contributed by atoms with Crippen molar-refractivity contribution in [2.45, 2.75) is 52.0 Å². The minimum atomic E-state index is -0.341. The summed E-state index contributed by atoms with van der Waals surface area (Å²) >= 11 is 0. The number of anilines is 2. The average molecular weight is 280 g/mol. The summed E-state index contributed by atoms with van der Waals surface area (Å²) < 4.78 is 14.0. The van der Waals surface area contributed by atoms with E-state index in [1.54, 1.807) is 0 Å². The third-order valence-corrected chi connectivity index (χ3v) is 4.34. The Bertz CT molecular complexity index is 430. The van der Waals surface area contributed by atoms with Crippen molar-refractivity contribution in [3.8, 4) is 0 Å². The van der Waals surface area contributed by atoms with Gasteiger partial charge < -0.3 is 10.2 Å². The van der Waals surface area contributed by atoms with Crippen molar-refractivity contribution in [3.05, 3.63) is 12.0 Å². The molecule has 1 aromatic rings. The molecule has 4 nitrogen and oxygen atoms in total. The fourth-order valence-corrected chi connectivity index (χ4v) is 2.96. The highest BCUT2D eigenvalue weighted by Crippen LogP contribution is 2.31. The zero-order chi connectivity index (χ0) is 14.5.